The Hall–Kier alpha value is -2.09. The van der Waals surface area contributed by atoms with Crippen LogP contribution in [0.2, 0.25) is 0 Å². The predicted octanol–water partition coefficient (Wildman–Crippen LogP) is 0.512. The van der Waals surface area contributed by atoms with Gasteiger partial charge in [0.15, 0.2) is 16.1 Å². The molecule has 2 aromatic rings. The molecule has 0 spiro atoms. The van der Waals surface area contributed by atoms with Crippen molar-refractivity contribution in [1.82, 2.24) is 19.7 Å². The maximum Gasteiger partial charge on any atom is 0.153 e. The molecule has 0 radical (unpaired) electrons. The van der Waals surface area contributed by atoms with Gasteiger partial charge in [-0.05, 0) is 6.42 Å². The highest BCUT2D eigenvalue weighted by atomic mass is 32.2. The van der Waals surface area contributed by atoms with Gasteiger partial charge in [0.1, 0.15) is 11.4 Å². The van der Waals surface area contributed by atoms with Crippen molar-refractivity contribution in [1.29, 1.82) is 0 Å². The summed E-state index contributed by atoms with van der Waals surface area (Å²) < 4.78 is 24.6. The van der Waals surface area contributed by atoms with Gasteiger partial charge in [0, 0.05) is 18.6 Å². The van der Waals surface area contributed by atoms with E-state index in [9.17, 15) is 13.2 Å². The normalized spacial score (nSPS) is 20.9. The average Bonchev–Trinajstić information content (AvgIpc) is 3.02. The monoisotopic (exact) mass is 292 g/mol. The minimum Gasteiger partial charge on any atom is -0.298 e. The molecule has 0 N–H and O–H groups in total. The highest BCUT2D eigenvalue weighted by Gasteiger charge is 2.30. The summed E-state index contributed by atoms with van der Waals surface area (Å²) in [6.07, 6.45) is 7.35. The number of rotatable bonds is 3. The third-order valence-corrected chi connectivity index (χ3v) is 5.03. The molecule has 0 saturated carbocycles. The maximum absolute atomic E-state index is 11.5. The summed E-state index contributed by atoms with van der Waals surface area (Å²) >= 11 is 0. The van der Waals surface area contributed by atoms with Gasteiger partial charge in [-0.3, -0.25) is 19.4 Å². The molecule has 1 saturated heterocycles. The standard InChI is InChI=1S/C12H12N4O3S/c17-7-9-6-16(10-1-4-20(18,19)8-10)15-12(9)11-5-13-2-3-14-11/h2-3,5-7,10H,1,4,8H2. The summed E-state index contributed by atoms with van der Waals surface area (Å²) in [6, 6.07) is -0.218. The van der Waals surface area contributed by atoms with Gasteiger partial charge in [0.05, 0.1) is 29.3 Å². The van der Waals surface area contributed by atoms with Crippen molar-refractivity contribution in [3.8, 4) is 11.4 Å². The lowest BCUT2D eigenvalue weighted by molar-refractivity contribution is 0.112. The number of carbonyl (C=O) groups is 1. The minimum atomic E-state index is -3.00. The number of aldehydes is 1. The maximum atomic E-state index is 11.5. The molecule has 1 aliphatic rings. The fraction of sp³-hybridized carbons (Fsp3) is 0.333. The van der Waals surface area contributed by atoms with Crippen molar-refractivity contribution in [3.05, 3.63) is 30.4 Å². The van der Waals surface area contributed by atoms with Crippen LogP contribution in [0.5, 0.6) is 0 Å². The lowest BCUT2D eigenvalue weighted by Crippen LogP contribution is -2.11. The van der Waals surface area contributed by atoms with Gasteiger partial charge >= 0.3 is 0 Å². The van der Waals surface area contributed by atoms with E-state index in [2.05, 4.69) is 15.1 Å². The number of sulfone groups is 1. The molecule has 8 heteroatoms. The molecular weight excluding hydrogens is 280 g/mol. The Kier molecular flexibility index (Phi) is 3.09. The molecule has 2 aromatic heterocycles. The number of hydrogen-bond donors (Lipinski definition) is 0. The fourth-order valence-corrected chi connectivity index (χ4v) is 3.99. The van der Waals surface area contributed by atoms with Gasteiger partial charge in [-0.1, -0.05) is 0 Å². The highest BCUT2D eigenvalue weighted by Crippen LogP contribution is 2.26. The van der Waals surface area contributed by atoms with Gasteiger partial charge < -0.3 is 0 Å². The molecule has 0 aromatic carbocycles. The molecule has 1 aliphatic heterocycles. The van der Waals surface area contributed by atoms with Crippen molar-refractivity contribution >= 4 is 16.1 Å². The van der Waals surface area contributed by atoms with E-state index < -0.39 is 9.84 Å². The fourth-order valence-electron chi connectivity index (χ4n) is 2.28. The summed E-state index contributed by atoms with van der Waals surface area (Å²) in [5, 5.41) is 4.32. The highest BCUT2D eigenvalue weighted by molar-refractivity contribution is 7.91. The van der Waals surface area contributed by atoms with Crippen LogP contribution in [0.25, 0.3) is 11.4 Å². The van der Waals surface area contributed by atoms with Crippen molar-refractivity contribution < 1.29 is 13.2 Å². The van der Waals surface area contributed by atoms with Gasteiger partial charge in [-0.2, -0.15) is 5.10 Å². The number of hydrogen-bond acceptors (Lipinski definition) is 6. The van der Waals surface area contributed by atoms with E-state index in [4.69, 9.17) is 0 Å². The lowest BCUT2D eigenvalue weighted by Gasteiger charge is -2.07. The Balaban J connectivity index is 2.00. The van der Waals surface area contributed by atoms with E-state index in [1.165, 1.54) is 18.6 Å². The molecule has 0 bridgehead atoms. The zero-order valence-corrected chi connectivity index (χ0v) is 11.3. The minimum absolute atomic E-state index is 0.0624. The molecule has 0 aliphatic carbocycles. The zero-order chi connectivity index (χ0) is 14.2. The Morgan fingerprint density at radius 3 is 2.80 bits per heavy atom. The molecule has 1 fully saturated rings. The Labute approximate surface area is 115 Å². The van der Waals surface area contributed by atoms with Crippen molar-refractivity contribution in [2.24, 2.45) is 0 Å². The van der Waals surface area contributed by atoms with E-state index in [0.29, 0.717) is 29.7 Å². The van der Waals surface area contributed by atoms with Gasteiger partial charge in [0.25, 0.3) is 0 Å². The molecule has 0 amide bonds. The average molecular weight is 292 g/mol. The van der Waals surface area contributed by atoms with E-state index in [1.54, 1.807) is 10.9 Å². The lowest BCUT2D eigenvalue weighted by atomic mass is 10.2. The van der Waals surface area contributed by atoms with E-state index in [0.717, 1.165) is 0 Å². The van der Waals surface area contributed by atoms with Crippen LogP contribution in [0, 0.1) is 0 Å². The van der Waals surface area contributed by atoms with Gasteiger partial charge in [-0.25, -0.2) is 8.42 Å². The second kappa shape index (κ2) is 4.78. The van der Waals surface area contributed by atoms with Crippen LogP contribution in [0.1, 0.15) is 22.8 Å². The Morgan fingerprint density at radius 2 is 2.20 bits per heavy atom. The topological polar surface area (TPSA) is 94.8 Å². The first-order valence-corrected chi connectivity index (χ1v) is 7.92. The first-order valence-electron chi connectivity index (χ1n) is 6.10. The zero-order valence-electron chi connectivity index (χ0n) is 10.5. The smallest absolute Gasteiger partial charge is 0.153 e. The summed E-state index contributed by atoms with van der Waals surface area (Å²) in [7, 11) is -3.00. The first-order chi connectivity index (χ1) is 9.59. The second-order valence-electron chi connectivity index (χ2n) is 4.68. The van der Waals surface area contributed by atoms with E-state index in [-0.39, 0.29) is 17.5 Å². The van der Waals surface area contributed by atoms with Gasteiger partial charge in [-0.15, -0.1) is 0 Å². The Morgan fingerprint density at radius 1 is 1.35 bits per heavy atom. The van der Waals surface area contributed by atoms with Crippen LogP contribution in [0.15, 0.2) is 24.8 Å². The van der Waals surface area contributed by atoms with Crippen LogP contribution in [0.3, 0.4) is 0 Å². The third kappa shape index (κ3) is 2.34. The van der Waals surface area contributed by atoms with Crippen LogP contribution in [0.4, 0.5) is 0 Å². The molecule has 104 valence electrons. The summed E-state index contributed by atoms with van der Waals surface area (Å²) in [5.74, 6) is 0.224. The van der Waals surface area contributed by atoms with Crippen molar-refractivity contribution in [2.75, 3.05) is 11.5 Å². The predicted molar refractivity (Wildman–Crippen MR) is 70.9 cm³/mol. The van der Waals surface area contributed by atoms with Crippen molar-refractivity contribution in [3.63, 3.8) is 0 Å². The first kappa shape index (κ1) is 12.9. The molecule has 3 rings (SSSR count). The SMILES string of the molecule is O=Cc1cn(C2CCS(=O)(=O)C2)nc1-c1cnccn1. The molecule has 7 nitrogen and oxygen atoms in total. The Bertz CT molecular complexity index is 739. The summed E-state index contributed by atoms with van der Waals surface area (Å²) in [6.45, 7) is 0. The third-order valence-electron chi connectivity index (χ3n) is 3.28. The molecule has 20 heavy (non-hydrogen) atoms. The van der Waals surface area contributed by atoms with Crippen LogP contribution >= 0.6 is 0 Å². The van der Waals surface area contributed by atoms with Crippen LogP contribution < -0.4 is 0 Å². The number of aromatic nitrogens is 4. The van der Waals surface area contributed by atoms with Crippen LogP contribution in [-0.4, -0.2) is 46.0 Å². The molecule has 1 unspecified atom stereocenters. The van der Waals surface area contributed by atoms with Crippen molar-refractivity contribution in [2.45, 2.75) is 12.5 Å². The van der Waals surface area contributed by atoms with Gasteiger partial charge in [0.2, 0.25) is 0 Å². The molecular formula is C12H12N4O3S. The van der Waals surface area contributed by atoms with E-state index >= 15 is 0 Å². The second-order valence-corrected chi connectivity index (χ2v) is 6.91. The van der Waals surface area contributed by atoms with Crippen LogP contribution in [-0.2, 0) is 9.84 Å². The van der Waals surface area contributed by atoms with E-state index in [1.807, 2.05) is 0 Å². The number of nitrogens with zero attached hydrogens (tertiary/aromatic N) is 4. The molecule has 3 heterocycles. The summed E-state index contributed by atoms with van der Waals surface area (Å²) in [4.78, 5) is 19.2. The quantitative estimate of drug-likeness (QED) is 0.765. The summed E-state index contributed by atoms with van der Waals surface area (Å²) in [5.41, 5.74) is 1.31. The number of carbonyl (C=O) groups excluding carboxylic acids is 1. The molecule has 1 atom stereocenters. The largest absolute Gasteiger partial charge is 0.298 e.